The molecule has 0 radical (unpaired) electrons. The van der Waals surface area contributed by atoms with Gasteiger partial charge in [0.25, 0.3) is 0 Å². The lowest BCUT2D eigenvalue weighted by Crippen LogP contribution is -2.31. The van der Waals surface area contributed by atoms with Gasteiger partial charge in [0, 0.05) is 6.07 Å². The van der Waals surface area contributed by atoms with Gasteiger partial charge in [-0.25, -0.2) is 4.98 Å². The fraction of sp³-hybridized carbons (Fsp3) is 0.182. The van der Waals surface area contributed by atoms with Crippen LogP contribution in [0.15, 0.2) is 59.2 Å². The first kappa shape index (κ1) is 18.5. The highest BCUT2D eigenvalue weighted by molar-refractivity contribution is 7.22. The molecule has 3 heterocycles. The highest BCUT2D eigenvalue weighted by Crippen LogP contribution is 2.34. The normalized spacial score (nSPS) is 12.3. The van der Waals surface area contributed by atoms with Gasteiger partial charge in [0.15, 0.2) is 16.6 Å². The molecule has 5 rings (SSSR count). The van der Waals surface area contributed by atoms with E-state index in [-0.39, 0.29) is 19.1 Å². The van der Waals surface area contributed by atoms with Crippen LogP contribution in [0.1, 0.15) is 11.3 Å². The number of carbonyl (C=O) groups excluding carboxylic acids is 1. The maximum atomic E-state index is 13.3. The van der Waals surface area contributed by atoms with Gasteiger partial charge in [0.1, 0.15) is 11.5 Å². The lowest BCUT2D eigenvalue weighted by Gasteiger charge is -2.19. The van der Waals surface area contributed by atoms with Gasteiger partial charge in [0.05, 0.1) is 36.6 Å². The van der Waals surface area contributed by atoms with Gasteiger partial charge in [-0.05, 0) is 42.0 Å². The first-order valence-corrected chi connectivity index (χ1v) is 10.2. The average molecular weight is 422 g/mol. The molecule has 1 aliphatic rings. The Kier molecular flexibility index (Phi) is 4.76. The third-order valence-electron chi connectivity index (χ3n) is 4.80. The van der Waals surface area contributed by atoms with Crippen LogP contribution in [0.25, 0.3) is 10.2 Å². The van der Waals surface area contributed by atoms with Gasteiger partial charge in [-0.1, -0.05) is 17.4 Å². The van der Waals surface area contributed by atoms with E-state index in [2.05, 4.69) is 4.98 Å². The van der Waals surface area contributed by atoms with Crippen molar-refractivity contribution in [3.63, 3.8) is 0 Å². The second-order valence-electron chi connectivity index (χ2n) is 6.75. The maximum absolute atomic E-state index is 13.3. The van der Waals surface area contributed by atoms with Crippen molar-refractivity contribution in [2.24, 2.45) is 0 Å². The van der Waals surface area contributed by atoms with Crippen LogP contribution in [-0.4, -0.2) is 24.8 Å². The highest BCUT2D eigenvalue weighted by Gasteiger charge is 2.23. The van der Waals surface area contributed by atoms with Crippen LogP contribution in [0.2, 0.25) is 0 Å². The molecule has 0 aliphatic carbocycles. The Morgan fingerprint density at radius 1 is 1.17 bits per heavy atom. The van der Waals surface area contributed by atoms with Crippen LogP contribution in [0.5, 0.6) is 17.2 Å². The summed E-state index contributed by atoms with van der Waals surface area (Å²) in [5.74, 6) is 2.68. The summed E-state index contributed by atoms with van der Waals surface area (Å²) in [4.78, 5) is 19.6. The quantitative estimate of drug-likeness (QED) is 0.458. The van der Waals surface area contributed by atoms with E-state index in [4.69, 9.17) is 18.6 Å². The minimum Gasteiger partial charge on any atom is -0.497 e. The zero-order valence-electron chi connectivity index (χ0n) is 16.2. The van der Waals surface area contributed by atoms with Crippen molar-refractivity contribution in [2.75, 3.05) is 18.8 Å². The first-order chi connectivity index (χ1) is 14.7. The van der Waals surface area contributed by atoms with Crippen LogP contribution < -0.4 is 19.1 Å². The number of hydrogen-bond acceptors (Lipinski definition) is 7. The molecule has 1 aliphatic heterocycles. The molecule has 0 N–H and O–H groups in total. The van der Waals surface area contributed by atoms with Crippen LogP contribution >= 0.6 is 11.3 Å². The third-order valence-corrected chi connectivity index (χ3v) is 5.86. The minimum absolute atomic E-state index is 0.0868. The first-order valence-electron chi connectivity index (χ1n) is 9.35. The summed E-state index contributed by atoms with van der Waals surface area (Å²) < 4.78 is 22.5. The average Bonchev–Trinajstić information content (AvgIpc) is 3.51. The van der Waals surface area contributed by atoms with E-state index in [1.807, 2.05) is 42.5 Å². The fourth-order valence-corrected chi connectivity index (χ4v) is 4.24. The van der Waals surface area contributed by atoms with E-state index < -0.39 is 0 Å². The molecule has 152 valence electrons. The Labute approximate surface area is 176 Å². The topological polar surface area (TPSA) is 74.0 Å². The summed E-state index contributed by atoms with van der Waals surface area (Å²) in [6.07, 6.45) is 1.80. The Bertz CT molecular complexity index is 1200. The van der Waals surface area contributed by atoms with Crippen molar-refractivity contribution < 1.29 is 23.4 Å². The predicted octanol–water partition coefficient (Wildman–Crippen LogP) is 4.40. The molecule has 0 saturated carbocycles. The number of rotatable bonds is 6. The largest absolute Gasteiger partial charge is 0.497 e. The molecule has 0 spiro atoms. The number of fused-ring (bicyclic) bond motifs is 2. The monoisotopic (exact) mass is 422 g/mol. The standard InChI is InChI=1S/C22H18N2O5S/c1-26-15-5-7-20-17(11-15)23-22(30-20)24(12-16-3-2-8-27-16)21(25)10-14-4-6-18-19(9-14)29-13-28-18/h2-9,11H,10,12-13H2,1H3. The Hall–Kier alpha value is -3.52. The second kappa shape index (κ2) is 7.72. The summed E-state index contributed by atoms with van der Waals surface area (Å²) in [5, 5.41) is 0.611. The maximum Gasteiger partial charge on any atom is 0.233 e. The summed E-state index contributed by atoms with van der Waals surface area (Å²) in [7, 11) is 1.62. The summed E-state index contributed by atoms with van der Waals surface area (Å²) in [6.45, 7) is 0.500. The number of carbonyl (C=O) groups is 1. The lowest BCUT2D eigenvalue weighted by molar-refractivity contribution is -0.118. The summed E-state index contributed by atoms with van der Waals surface area (Å²) in [5.41, 5.74) is 1.63. The van der Waals surface area contributed by atoms with E-state index in [1.165, 1.54) is 11.3 Å². The molecule has 8 heteroatoms. The number of ether oxygens (including phenoxy) is 3. The Balaban J connectivity index is 1.46. The van der Waals surface area contributed by atoms with Gasteiger partial charge < -0.3 is 18.6 Å². The Morgan fingerprint density at radius 2 is 2.07 bits per heavy atom. The van der Waals surface area contributed by atoms with E-state index in [1.54, 1.807) is 24.3 Å². The van der Waals surface area contributed by atoms with Crippen LogP contribution in [0.4, 0.5) is 5.13 Å². The SMILES string of the molecule is COc1ccc2sc(N(Cc3ccco3)C(=O)Cc3ccc4c(c3)OCO4)nc2c1. The predicted molar refractivity (Wildman–Crippen MR) is 112 cm³/mol. The molecule has 0 saturated heterocycles. The fourth-order valence-electron chi connectivity index (χ4n) is 3.28. The number of nitrogens with zero attached hydrogens (tertiary/aromatic N) is 2. The number of anilines is 1. The van der Waals surface area contributed by atoms with Gasteiger partial charge in [-0.2, -0.15) is 0 Å². The van der Waals surface area contributed by atoms with E-state index in [0.717, 1.165) is 21.5 Å². The summed E-state index contributed by atoms with van der Waals surface area (Å²) >= 11 is 1.46. The van der Waals surface area contributed by atoms with Crippen molar-refractivity contribution in [1.82, 2.24) is 4.98 Å². The van der Waals surface area contributed by atoms with Gasteiger partial charge in [-0.15, -0.1) is 0 Å². The van der Waals surface area contributed by atoms with Crippen LogP contribution in [0, 0.1) is 0 Å². The zero-order valence-corrected chi connectivity index (χ0v) is 17.0. The minimum atomic E-state index is -0.0868. The van der Waals surface area contributed by atoms with Crippen molar-refractivity contribution in [1.29, 1.82) is 0 Å². The van der Waals surface area contributed by atoms with Crippen molar-refractivity contribution in [3.8, 4) is 17.2 Å². The van der Waals surface area contributed by atoms with E-state index in [0.29, 0.717) is 28.9 Å². The second-order valence-corrected chi connectivity index (χ2v) is 7.76. The Morgan fingerprint density at radius 3 is 2.90 bits per heavy atom. The zero-order chi connectivity index (χ0) is 20.5. The summed E-state index contributed by atoms with van der Waals surface area (Å²) in [6, 6.07) is 14.9. The third kappa shape index (κ3) is 3.57. The molecular weight excluding hydrogens is 404 g/mol. The smallest absolute Gasteiger partial charge is 0.233 e. The molecule has 0 bridgehead atoms. The lowest BCUT2D eigenvalue weighted by atomic mass is 10.1. The number of hydrogen-bond donors (Lipinski definition) is 0. The molecule has 2 aromatic carbocycles. The van der Waals surface area contributed by atoms with Crippen molar-refractivity contribution in [3.05, 3.63) is 66.1 Å². The van der Waals surface area contributed by atoms with E-state index >= 15 is 0 Å². The molecular formula is C22H18N2O5S. The van der Waals surface area contributed by atoms with E-state index in [9.17, 15) is 4.79 Å². The van der Waals surface area contributed by atoms with Gasteiger partial charge in [-0.3, -0.25) is 9.69 Å². The number of methoxy groups -OCH3 is 1. The number of aromatic nitrogens is 1. The number of furan rings is 1. The molecule has 0 atom stereocenters. The van der Waals surface area contributed by atoms with Gasteiger partial charge >= 0.3 is 0 Å². The molecule has 0 unspecified atom stereocenters. The van der Waals surface area contributed by atoms with Crippen LogP contribution in [0.3, 0.4) is 0 Å². The molecule has 0 fully saturated rings. The highest BCUT2D eigenvalue weighted by atomic mass is 32.1. The van der Waals surface area contributed by atoms with Gasteiger partial charge in [0.2, 0.25) is 12.7 Å². The molecule has 1 amide bonds. The molecule has 4 aromatic rings. The molecule has 7 nitrogen and oxygen atoms in total. The molecule has 30 heavy (non-hydrogen) atoms. The van der Waals surface area contributed by atoms with Crippen LogP contribution in [-0.2, 0) is 17.8 Å². The van der Waals surface area contributed by atoms with Crippen molar-refractivity contribution >= 4 is 32.6 Å². The van der Waals surface area contributed by atoms with Crippen molar-refractivity contribution in [2.45, 2.75) is 13.0 Å². The molecule has 2 aromatic heterocycles. The number of thiazole rings is 1. The number of benzene rings is 2. The number of amides is 1.